The predicted molar refractivity (Wildman–Crippen MR) is 109 cm³/mol. The smallest absolute Gasteiger partial charge is 0.227 e. The molecule has 4 rings (SSSR count). The number of amides is 1. The van der Waals surface area contributed by atoms with Crippen LogP contribution in [0.15, 0.2) is 55.2 Å². The average Bonchev–Trinajstić information content (AvgIpc) is 2.77. The summed E-state index contributed by atoms with van der Waals surface area (Å²) >= 11 is 6.06. The number of rotatable bonds is 4. The van der Waals surface area contributed by atoms with Crippen LogP contribution in [-0.4, -0.2) is 38.8 Å². The van der Waals surface area contributed by atoms with Gasteiger partial charge < -0.3 is 4.90 Å². The molecule has 2 aromatic heterocycles. The molecule has 0 aliphatic carbocycles. The SMILES string of the molecule is O=C(Cc1c(F)cccc1Cl)N1CCC(c2ncncc2-c2ccncc2)CC1. The number of piperidine rings is 1. The summed E-state index contributed by atoms with van der Waals surface area (Å²) in [6.07, 6.45) is 8.47. The maximum absolute atomic E-state index is 14.0. The Kier molecular flexibility index (Phi) is 5.81. The summed E-state index contributed by atoms with van der Waals surface area (Å²) in [5.74, 6) is -0.307. The standard InChI is InChI=1S/C22H20ClFN4O/c23-19-2-1-3-20(24)17(19)12-21(29)28-10-6-16(7-11-28)22-18(13-26-14-27-22)15-4-8-25-9-5-15/h1-5,8-9,13-14,16H,6-7,10-12H2. The third-order valence-corrected chi connectivity index (χ3v) is 5.71. The molecule has 1 aromatic carbocycles. The van der Waals surface area contributed by atoms with Crippen LogP contribution in [-0.2, 0) is 11.2 Å². The minimum absolute atomic E-state index is 0.0219. The van der Waals surface area contributed by atoms with Gasteiger partial charge in [0, 0.05) is 53.7 Å². The summed E-state index contributed by atoms with van der Waals surface area (Å²) in [7, 11) is 0. The van der Waals surface area contributed by atoms with Crippen molar-refractivity contribution in [2.45, 2.75) is 25.2 Å². The summed E-state index contributed by atoms with van der Waals surface area (Å²) in [5, 5.41) is 0.288. The fourth-order valence-electron chi connectivity index (χ4n) is 3.78. The van der Waals surface area contributed by atoms with E-state index in [0.29, 0.717) is 13.1 Å². The predicted octanol–water partition coefficient (Wildman–Crippen LogP) is 4.28. The summed E-state index contributed by atoms with van der Waals surface area (Å²) in [5.41, 5.74) is 3.29. The molecule has 0 bridgehead atoms. The van der Waals surface area contributed by atoms with Crippen molar-refractivity contribution in [1.29, 1.82) is 0 Å². The Bertz CT molecular complexity index is 986. The van der Waals surface area contributed by atoms with E-state index in [4.69, 9.17) is 11.6 Å². The van der Waals surface area contributed by atoms with Gasteiger partial charge in [-0.1, -0.05) is 17.7 Å². The molecule has 0 radical (unpaired) electrons. The van der Waals surface area contributed by atoms with Crippen LogP contribution in [0.3, 0.4) is 0 Å². The summed E-state index contributed by atoms with van der Waals surface area (Å²) in [6, 6.07) is 8.36. The second-order valence-corrected chi connectivity index (χ2v) is 7.50. The number of nitrogens with zero attached hydrogens (tertiary/aromatic N) is 4. The highest BCUT2D eigenvalue weighted by Crippen LogP contribution is 2.33. The molecule has 5 nitrogen and oxygen atoms in total. The lowest BCUT2D eigenvalue weighted by atomic mass is 9.89. The largest absolute Gasteiger partial charge is 0.342 e. The molecular formula is C22H20ClFN4O. The first kappa shape index (κ1) is 19.5. The van der Waals surface area contributed by atoms with Crippen LogP contribution in [0.2, 0.25) is 5.02 Å². The third-order valence-electron chi connectivity index (χ3n) is 5.36. The molecule has 1 saturated heterocycles. The molecule has 3 heterocycles. The van der Waals surface area contributed by atoms with Gasteiger partial charge in [0.25, 0.3) is 0 Å². The summed E-state index contributed by atoms with van der Waals surface area (Å²) in [4.78, 5) is 27.2. The molecule has 29 heavy (non-hydrogen) atoms. The van der Waals surface area contributed by atoms with Gasteiger partial charge >= 0.3 is 0 Å². The van der Waals surface area contributed by atoms with Crippen LogP contribution in [0.4, 0.5) is 4.39 Å². The monoisotopic (exact) mass is 410 g/mol. The van der Waals surface area contributed by atoms with Crippen molar-refractivity contribution < 1.29 is 9.18 Å². The molecular weight excluding hydrogens is 391 g/mol. The van der Waals surface area contributed by atoms with E-state index >= 15 is 0 Å². The zero-order chi connectivity index (χ0) is 20.2. The first-order valence-corrected chi connectivity index (χ1v) is 9.92. The van der Waals surface area contributed by atoms with E-state index in [0.717, 1.165) is 29.7 Å². The minimum atomic E-state index is -0.441. The van der Waals surface area contributed by atoms with Crippen molar-refractivity contribution in [2.24, 2.45) is 0 Å². The molecule has 1 aliphatic rings. The fraction of sp³-hybridized carbons (Fsp3) is 0.273. The Morgan fingerprint density at radius 2 is 1.90 bits per heavy atom. The highest BCUT2D eigenvalue weighted by atomic mass is 35.5. The van der Waals surface area contributed by atoms with E-state index in [-0.39, 0.29) is 28.8 Å². The van der Waals surface area contributed by atoms with E-state index in [1.54, 1.807) is 35.8 Å². The number of carbonyl (C=O) groups is 1. The van der Waals surface area contributed by atoms with E-state index in [2.05, 4.69) is 15.0 Å². The lowest BCUT2D eigenvalue weighted by Gasteiger charge is -2.32. The van der Waals surface area contributed by atoms with E-state index in [1.807, 2.05) is 18.3 Å². The summed E-state index contributed by atoms with van der Waals surface area (Å²) in [6.45, 7) is 1.21. The number of benzene rings is 1. The van der Waals surface area contributed by atoms with Gasteiger partial charge in [-0.3, -0.25) is 9.78 Å². The van der Waals surface area contributed by atoms with Gasteiger partial charge in [-0.15, -0.1) is 0 Å². The Balaban J connectivity index is 1.45. The van der Waals surface area contributed by atoms with Crippen LogP contribution in [0.25, 0.3) is 11.1 Å². The van der Waals surface area contributed by atoms with Crippen LogP contribution in [0.1, 0.15) is 30.0 Å². The average molecular weight is 411 g/mol. The summed E-state index contributed by atoms with van der Waals surface area (Å²) < 4.78 is 14.0. The van der Waals surface area contributed by atoms with E-state index < -0.39 is 5.82 Å². The number of likely N-dealkylation sites (tertiary alicyclic amines) is 1. The lowest BCUT2D eigenvalue weighted by Crippen LogP contribution is -2.39. The Morgan fingerprint density at radius 1 is 1.14 bits per heavy atom. The van der Waals surface area contributed by atoms with Gasteiger partial charge in [0.1, 0.15) is 12.1 Å². The van der Waals surface area contributed by atoms with Crippen molar-refractivity contribution in [3.8, 4) is 11.1 Å². The topological polar surface area (TPSA) is 59.0 Å². The van der Waals surface area contributed by atoms with Crippen LogP contribution in [0, 0.1) is 5.82 Å². The quantitative estimate of drug-likeness (QED) is 0.644. The second-order valence-electron chi connectivity index (χ2n) is 7.09. The number of carbonyl (C=O) groups excluding carboxylic acids is 1. The van der Waals surface area contributed by atoms with Gasteiger partial charge in [-0.2, -0.15) is 0 Å². The Labute approximate surface area is 173 Å². The molecule has 0 spiro atoms. The highest BCUT2D eigenvalue weighted by molar-refractivity contribution is 6.31. The van der Waals surface area contributed by atoms with Crippen LogP contribution < -0.4 is 0 Å². The normalized spacial score (nSPS) is 14.8. The van der Waals surface area contributed by atoms with Crippen molar-refractivity contribution in [3.63, 3.8) is 0 Å². The van der Waals surface area contributed by atoms with Gasteiger partial charge in [-0.25, -0.2) is 14.4 Å². The van der Waals surface area contributed by atoms with Gasteiger partial charge in [0.05, 0.1) is 12.1 Å². The van der Waals surface area contributed by atoms with Gasteiger partial charge in [-0.05, 0) is 42.7 Å². The van der Waals surface area contributed by atoms with Crippen molar-refractivity contribution in [3.05, 3.63) is 77.3 Å². The molecule has 1 amide bonds. The second kappa shape index (κ2) is 8.66. The highest BCUT2D eigenvalue weighted by Gasteiger charge is 2.27. The van der Waals surface area contributed by atoms with Crippen LogP contribution >= 0.6 is 11.6 Å². The number of aromatic nitrogens is 3. The van der Waals surface area contributed by atoms with Crippen molar-refractivity contribution >= 4 is 17.5 Å². The number of hydrogen-bond donors (Lipinski definition) is 0. The van der Waals surface area contributed by atoms with Gasteiger partial charge in [0.2, 0.25) is 5.91 Å². The fourth-order valence-corrected chi connectivity index (χ4v) is 4.01. The zero-order valence-electron chi connectivity index (χ0n) is 15.8. The number of hydrogen-bond acceptors (Lipinski definition) is 4. The van der Waals surface area contributed by atoms with Gasteiger partial charge in [0.15, 0.2) is 0 Å². The third kappa shape index (κ3) is 4.27. The maximum Gasteiger partial charge on any atom is 0.227 e. The number of pyridine rings is 1. The Hall–Kier alpha value is -2.86. The van der Waals surface area contributed by atoms with E-state index in [1.165, 1.54) is 6.07 Å². The first-order chi connectivity index (χ1) is 14.1. The molecule has 1 fully saturated rings. The molecule has 0 unspecified atom stereocenters. The molecule has 0 atom stereocenters. The lowest BCUT2D eigenvalue weighted by molar-refractivity contribution is -0.131. The molecule has 148 valence electrons. The van der Waals surface area contributed by atoms with Crippen molar-refractivity contribution in [1.82, 2.24) is 19.9 Å². The van der Waals surface area contributed by atoms with Crippen molar-refractivity contribution in [2.75, 3.05) is 13.1 Å². The molecule has 7 heteroatoms. The molecule has 3 aromatic rings. The number of halogens is 2. The molecule has 0 N–H and O–H groups in total. The van der Waals surface area contributed by atoms with E-state index in [9.17, 15) is 9.18 Å². The minimum Gasteiger partial charge on any atom is -0.342 e. The zero-order valence-corrected chi connectivity index (χ0v) is 16.5. The van der Waals surface area contributed by atoms with Crippen LogP contribution in [0.5, 0.6) is 0 Å². The molecule has 0 saturated carbocycles. The maximum atomic E-state index is 14.0. The Morgan fingerprint density at radius 3 is 2.62 bits per heavy atom. The first-order valence-electron chi connectivity index (χ1n) is 9.54. The molecule has 1 aliphatic heterocycles.